The molecule has 1 aromatic heterocycles. The summed E-state index contributed by atoms with van der Waals surface area (Å²) in [5.74, 6) is -0.389. The SMILES string of the molecule is NCCNC(=O)c1ccccc1NC(=O)Cc1ccsc1. The zero-order chi connectivity index (χ0) is 15.1. The summed E-state index contributed by atoms with van der Waals surface area (Å²) in [4.78, 5) is 24.0. The van der Waals surface area contributed by atoms with Crippen LogP contribution < -0.4 is 16.4 Å². The van der Waals surface area contributed by atoms with Crippen molar-refractivity contribution in [3.05, 3.63) is 52.2 Å². The van der Waals surface area contributed by atoms with E-state index in [4.69, 9.17) is 5.73 Å². The number of hydrogen-bond donors (Lipinski definition) is 3. The van der Waals surface area contributed by atoms with Gasteiger partial charge < -0.3 is 16.4 Å². The van der Waals surface area contributed by atoms with E-state index in [1.807, 2.05) is 16.8 Å². The molecule has 0 aliphatic heterocycles. The van der Waals surface area contributed by atoms with E-state index in [1.165, 1.54) is 0 Å². The topological polar surface area (TPSA) is 84.2 Å². The smallest absolute Gasteiger partial charge is 0.253 e. The summed E-state index contributed by atoms with van der Waals surface area (Å²) in [6.45, 7) is 0.772. The molecule has 6 heteroatoms. The molecule has 1 aromatic carbocycles. The molecule has 2 rings (SSSR count). The number of carbonyl (C=O) groups excluding carboxylic acids is 2. The molecule has 0 aliphatic rings. The fourth-order valence-electron chi connectivity index (χ4n) is 1.84. The molecule has 0 saturated carbocycles. The zero-order valence-electron chi connectivity index (χ0n) is 11.5. The first-order valence-corrected chi connectivity index (χ1v) is 7.53. The van der Waals surface area contributed by atoms with Crippen molar-refractivity contribution in [2.75, 3.05) is 18.4 Å². The molecule has 4 N–H and O–H groups in total. The molecule has 0 saturated heterocycles. The molecule has 0 unspecified atom stereocenters. The average molecular weight is 303 g/mol. The summed E-state index contributed by atoms with van der Waals surface area (Å²) in [6, 6.07) is 8.82. The minimum atomic E-state index is -0.244. The normalized spacial score (nSPS) is 10.1. The van der Waals surface area contributed by atoms with Gasteiger partial charge in [-0.05, 0) is 34.5 Å². The van der Waals surface area contributed by atoms with Gasteiger partial charge in [-0.3, -0.25) is 9.59 Å². The number of hydrogen-bond acceptors (Lipinski definition) is 4. The van der Waals surface area contributed by atoms with E-state index in [-0.39, 0.29) is 11.8 Å². The lowest BCUT2D eigenvalue weighted by Gasteiger charge is -2.10. The standard InChI is InChI=1S/C15H17N3O2S/c16-6-7-17-15(20)12-3-1-2-4-13(12)18-14(19)9-11-5-8-21-10-11/h1-5,8,10H,6-7,9,16H2,(H,17,20)(H,18,19). The third-order valence-electron chi connectivity index (χ3n) is 2.82. The molecule has 21 heavy (non-hydrogen) atoms. The van der Waals surface area contributed by atoms with Crippen LogP contribution in [0.5, 0.6) is 0 Å². The Kier molecular flexibility index (Phi) is 5.48. The number of rotatable bonds is 6. The van der Waals surface area contributed by atoms with Gasteiger partial charge in [-0.2, -0.15) is 11.3 Å². The third kappa shape index (κ3) is 4.40. The van der Waals surface area contributed by atoms with E-state index < -0.39 is 0 Å². The minimum Gasteiger partial charge on any atom is -0.351 e. The Morgan fingerprint density at radius 1 is 1.19 bits per heavy atom. The van der Waals surface area contributed by atoms with E-state index in [1.54, 1.807) is 35.6 Å². The van der Waals surface area contributed by atoms with E-state index in [9.17, 15) is 9.59 Å². The second kappa shape index (κ2) is 7.56. The van der Waals surface area contributed by atoms with Gasteiger partial charge in [0.25, 0.3) is 5.91 Å². The van der Waals surface area contributed by atoms with Gasteiger partial charge in [-0.25, -0.2) is 0 Å². The van der Waals surface area contributed by atoms with Crippen LogP contribution in [0.4, 0.5) is 5.69 Å². The van der Waals surface area contributed by atoms with Crippen molar-refractivity contribution in [2.45, 2.75) is 6.42 Å². The quantitative estimate of drug-likeness (QED) is 0.758. The Morgan fingerprint density at radius 2 is 2.00 bits per heavy atom. The van der Waals surface area contributed by atoms with Gasteiger partial charge in [-0.1, -0.05) is 12.1 Å². The number of anilines is 1. The van der Waals surface area contributed by atoms with Crippen molar-refractivity contribution >= 4 is 28.8 Å². The fourth-order valence-corrected chi connectivity index (χ4v) is 2.51. The van der Waals surface area contributed by atoms with E-state index in [0.29, 0.717) is 30.8 Å². The molecule has 0 aliphatic carbocycles. The van der Waals surface area contributed by atoms with Crippen molar-refractivity contribution in [2.24, 2.45) is 5.73 Å². The first kappa shape index (κ1) is 15.2. The molecule has 0 fully saturated rings. The number of nitrogens with one attached hydrogen (secondary N) is 2. The van der Waals surface area contributed by atoms with Crippen molar-refractivity contribution in [1.82, 2.24) is 5.32 Å². The second-order valence-electron chi connectivity index (χ2n) is 4.45. The molecule has 0 radical (unpaired) electrons. The maximum atomic E-state index is 12.0. The predicted octanol–water partition coefficient (Wildman–Crippen LogP) is 1.62. The largest absolute Gasteiger partial charge is 0.351 e. The first-order valence-electron chi connectivity index (χ1n) is 6.59. The van der Waals surface area contributed by atoms with Crippen molar-refractivity contribution in [3.8, 4) is 0 Å². The average Bonchev–Trinajstić information content (AvgIpc) is 2.98. The van der Waals surface area contributed by atoms with Crippen LogP contribution in [0.15, 0.2) is 41.1 Å². The predicted molar refractivity (Wildman–Crippen MR) is 84.5 cm³/mol. The zero-order valence-corrected chi connectivity index (χ0v) is 12.3. The van der Waals surface area contributed by atoms with Gasteiger partial charge in [-0.15, -0.1) is 0 Å². The summed E-state index contributed by atoms with van der Waals surface area (Å²) < 4.78 is 0. The van der Waals surface area contributed by atoms with Crippen molar-refractivity contribution < 1.29 is 9.59 Å². The lowest BCUT2D eigenvalue weighted by molar-refractivity contribution is -0.115. The maximum Gasteiger partial charge on any atom is 0.253 e. The summed E-state index contributed by atoms with van der Waals surface area (Å²) in [5.41, 5.74) is 7.27. The van der Waals surface area contributed by atoms with Crippen LogP contribution in [0.3, 0.4) is 0 Å². The molecule has 2 amide bonds. The lowest BCUT2D eigenvalue weighted by atomic mass is 10.1. The Bertz CT molecular complexity index is 611. The van der Waals surface area contributed by atoms with Crippen LogP contribution in [0, 0.1) is 0 Å². The van der Waals surface area contributed by atoms with Crippen molar-refractivity contribution in [3.63, 3.8) is 0 Å². The van der Waals surface area contributed by atoms with Crippen LogP contribution >= 0.6 is 11.3 Å². The van der Waals surface area contributed by atoms with Crippen LogP contribution in [0.2, 0.25) is 0 Å². The van der Waals surface area contributed by atoms with Crippen LogP contribution in [-0.2, 0) is 11.2 Å². The minimum absolute atomic E-state index is 0.146. The Labute approximate surface area is 127 Å². The van der Waals surface area contributed by atoms with E-state index in [0.717, 1.165) is 5.56 Å². The lowest BCUT2D eigenvalue weighted by Crippen LogP contribution is -2.30. The van der Waals surface area contributed by atoms with Gasteiger partial charge in [0.05, 0.1) is 17.7 Å². The third-order valence-corrected chi connectivity index (χ3v) is 3.55. The number of thiophene rings is 1. The highest BCUT2D eigenvalue weighted by Crippen LogP contribution is 2.16. The number of carbonyl (C=O) groups is 2. The molecule has 5 nitrogen and oxygen atoms in total. The van der Waals surface area contributed by atoms with E-state index in [2.05, 4.69) is 10.6 Å². The number of benzene rings is 1. The van der Waals surface area contributed by atoms with E-state index >= 15 is 0 Å². The molecule has 2 aromatic rings. The number of nitrogens with two attached hydrogens (primary N) is 1. The number of amides is 2. The second-order valence-corrected chi connectivity index (χ2v) is 5.23. The summed E-state index contributed by atoms with van der Waals surface area (Å²) in [7, 11) is 0. The van der Waals surface area contributed by atoms with Gasteiger partial charge in [0, 0.05) is 13.1 Å². The van der Waals surface area contributed by atoms with Gasteiger partial charge in [0.1, 0.15) is 0 Å². The van der Waals surface area contributed by atoms with Gasteiger partial charge in [0.15, 0.2) is 0 Å². The Morgan fingerprint density at radius 3 is 2.71 bits per heavy atom. The molecular weight excluding hydrogens is 286 g/mol. The van der Waals surface area contributed by atoms with Crippen molar-refractivity contribution in [1.29, 1.82) is 0 Å². The summed E-state index contributed by atoms with van der Waals surface area (Å²) in [5, 5.41) is 9.33. The van der Waals surface area contributed by atoms with Crippen LogP contribution in [0.25, 0.3) is 0 Å². The number of para-hydroxylation sites is 1. The first-order chi connectivity index (χ1) is 10.2. The summed E-state index contributed by atoms with van der Waals surface area (Å²) in [6.07, 6.45) is 0.294. The molecule has 0 spiro atoms. The molecular formula is C15H17N3O2S. The molecule has 0 bridgehead atoms. The highest BCUT2D eigenvalue weighted by atomic mass is 32.1. The Balaban J connectivity index is 2.05. The van der Waals surface area contributed by atoms with Gasteiger partial charge in [0.2, 0.25) is 5.91 Å². The Hall–Kier alpha value is -2.18. The molecule has 110 valence electrons. The van der Waals surface area contributed by atoms with Crippen LogP contribution in [-0.4, -0.2) is 24.9 Å². The van der Waals surface area contributed by atoms with Gasteiger partial charge >= 0.3 is 0 Å². The van der Waals surface area contributed by atoms with Crippen LogP contribution in [0.1, 0.15) is 15.9 Å². The monoisotopic (exact) mass is 303 g/mol. The fraction of sp³-hybridized carbons (Fsp3) is 0.200. The highest BCUT2D eigenvalue weighted by molar-refractivity contribution is 7.08. The highest BCUT2D eigenvalue weighted by Gasteiger charge is 2.12. The summed E-state index contributed by atoms with van der Waals surface area (Å²) >= 11 is 1.55. The maximum absolute atomic E-state index is 12.0. The molecule has 0 atom stereocenters. The molecule has 1 heterocycles.